The molecule has 0 heterocycles. The van der Waals surface area contributed by atoms with Gasteiger partial charge in [-0.1, -0.05) is 47.3 Å². The largest absolute Gasteiger partial charge is 0.0909 e. The summed E-state index contributed by atoms with van der Waals surface area (Å²) < 4.78 is 0. The summed E-state index contributed by atoms with van der Waals surface area (Å²) >= 11 is 0. The Morgan fingerprint density at radius 2 is 1.50 bits per heavy atom. The molecule has 0 N–H and O–H groups in total. The summed E-state index contributed by atoms with van der Waals surface area (Å²) in [5.41, 5.74) is 5.87. The van der Waals surface area contributed by atoms with E-state index in [0.717, 1.165) is 6.42 Å². The minimum absolute atomic E-state index is 0.474. The van der Waals surface area contributed by atoms with Crippen molar-refractivity contribution in [2.45, 2.75) is 59.8 Å². The van der Waals surface area contributed by atoms with Crippen molar-refractivity contribution in [3.8, 4) is 0 Å². The van der Waals surface area contributed by atoms with Crippen LogP contribution in [0.3, 0.4) is 0 Å². The maximum absolute atomic E-state index is 4.09. The highest BCUT2D eigenvalue weighted by Crippen LogP contribution is 2.42. The molecule has 0 aliphatic heterocycles. The number of allylic oxidation sites excluding steroid dienone is 4. The highest BCUT2D eigenvalue weighted by atomic mass is 14.3. The minimum Gasteiger partial charge on any atom is -0.0909 e. The van der Waals surface area contributed by atoms with Crippen molar-refractivity contribution in [2.75, 3.05) is 0 Å². The third-order valence-corrected chi connectivity index (χ3v) is 3.41. The fourth-order valence-electron chi connectivity index (χ4n) is 2.35. The molecule has 0 fully saturated rings. The van der Waals surface area contributed by atoms with Gasteiger partial charge in [-0.3, -0.25) is 0 Å². The highest BCUT2D eigenvalue weighted by Gasteiger charge is 2.23. The first kappa shape index (κ1) is 13.3. The first-order valence-electron chi connectivity index (χ1n) is 6.47. The predicted molar refractivity (Wildman–Crippen MR) is 73.5 cm³/mol. The highest BCUT2D eigenvalue weighted by molar-refractivity contribution is 5.67. The van der Waals surface area contributed by atoms with Crippen LogP contribution in [0.15, 0.2) is 35.5 Å². The second kappa shape index (κ2) is 5.03. The van der Waals surface area contributed by atoms with Crippen LogP contribution in [0.2, 0.25) is 0 Å². The average Bonchev–Trinajstić information content (AvgIpc) is 2.20. The average molecular weight is 218 g/mol. The normalized spacial score (nSPS) is 16.8. The van der Waals surface area contributed by atoms with E-state index in [4.69, 9.17) is 0 Å². The molecule has 0 saturated heterocycles. The van der Waals surface area contributed by atoms with Gasteiger partial charge in [-0.15, -0.1) is 0 Å². The molecule has 0 aromatic rings. The van der Waals surface area contributed by atoms with E-state index in [9.17, 15) is 0 Å². The van der Waals surface area contributed by atoms with E-state index in [1.807, 2.05) is 0 Å². The van der Waals surface area contributed by atoms with Crippen LogP contribution in [0.1, 0.15) is 59.8 Å². The Balaban J connectivity index is 2.37. The second-order valence-electron chi connectivity index (χ2n) is 6.04. The monoisotopic (exact) mass is 218 g/mol. The number of unbranched alkanes of at least 4 members (excludes halogenated alkanes) is 1. The van der Waals surface area contributed by atoms with Crippen LogP contribution in [0.25, 0.3) is 0 Å². The topological polar surface area (TPSA) is 0 Å². The predicted octanol–water partition coefficient (Wildman–Crippen LogP) is 5.43. The SMILES string of the molecule is C=C1C(=C)C(CCCCC(C)(C)C)=C1CC. The third kappa shape index (κ3) is 3.10. The van der Waals surface area contributed by atoms with Crippen LogP contribution < -0.4 is 0 Å². The first-order chi connectivity index (χ1) is 7.37. The van der Waals surface area contributed by atoms with Gasteiger partial charge in [-0.2, -0.15) is 0 Å². The summed E-state index contributed by atoms with van der Waals surface area (Å²) in [5.74, 6) is 0. The van der Waals surface area contributed by atoms with E-state index >= 15 is 0 Å². The van der Waals surface area contributed by atoms with E-state index in [-0.39, 0.29) is 0 Å². The summed E-state index contributed by atoms with van der Waals surface area (Å²) in [7, 11) is 0. The van der Waals surface area contributed by atoms with E-state index in [2.05, 4.69) is 40.9 Å². The molecule has 0 nitrogen and oxygen atoms in total. The van der Waals surface area contributed by atoms with Gasteiger partial charge >= 0.3 is 0 Å². The van der Waals surface area contributed by atoms with Gasteiger partial charge in [0.15, 0.2) is 0 Å². The second-order valence-corrected chi connectivity index (χ2v) is 6.04. The third-order valence-electron chi connectivity index (χ3n) is 3.41. The number of hydrogen-bond donors (Lipinski definition) is 0. The van der Waals surface area contributed by atoms with Gasteiger partial charge in [0, 0.05) is 0 Å². The Hall–Kier alpha value is -0.780. The van der Waals surface area contributed by atoms with E-state index in [1.165, 1.54) is 48.0 Å². The van der Waals surface area contributed by atoms with E-state index < -0.39 is 0 Å². The molecule has 0 amide bonds. The smallest absolute Gasteiger partial charge is 0.0224 e. The zero-order chi connectivity index (χ0) is 12.3. The maximum atomic E-state index is 4.09. The molecule has 0 radical (unpaired) electrons. The van der Waals surface area contributed by atoms with Crippen molar-refractivity contribution >= 4 is 0 Å². The first-order valence-corrected chi connectivity index (χ1v) is 6.47. The van der Waals surface area contributed by atoms with Crippen molar-refractivity contribution in [3.05, 3.63) is 35.5 Å². The zero-order valence-electron chi connectivity index (χ0n) is 11.4. The maximum Gasteiger partial charge on any atom is -0.0224 e. The Morgan fingerprint density at radius 1 is 0.938 bits per heavy atom. The number of rotatable bonds is 5. The molecule has 1 aliphatic carbocycles. The Kier molecular flexibility index (Phi) is 4.18. The summed E-state index contributed by atoms with van der Waals surface area (Å²) in [6.07, 6.45) is 6.25. The Labute approximate surface area is 101 Å². The molecule has 0 heteroatoms. The van der Waals surface area contributed by atoms with E-state index in [0.29, 0.717) is 5.41 Å². The molecule has 1 aliphatic rings. The lowest BCUT2D eigenvalue weighted by Gasteiger charge is -2.29. The minimum atomic E-state index is 0.474. The molecule has 0 aromatic carbocycles. The summed E-state index contributed by atoms with van der Waals surface area (Å²) in [5, 5.41) is 0. The zero-order valence-corrected chi connectivity index (χ0v) is 11.4. The standard InChI is InChI=1S/C16H26/c1-7-14-12(2)13(3)15(14)10-8-9-11-16(4,5)6/h2-3,7-11H2,1,4-6H3. The molecule has 0 spiro atoms. The fraction of sp³-hybridized carbons (Fsp3) is 0.625. The van der Waals surface area contributed by atoms with Gasteiger partial charge in [-0.25, -0.2) is 0 Å². The Morgan fingerprint density at radius 3 is 2.00 bits per heavy atom. The lowest BCUT2D eigenvalue weighted by Crippen LogP contribution is -2.11. The van der Waals surface area contributed by atoms with Crippen molar-refractivity contribution in [1.82, 2.24) is 0 Å². The summed E-state index contributed by atoms with van der Waals surface area (Å²) in [4.78, 5) is 0. The molecule has 0 aromatic heterocycles. The van der Waals surface area contributed by atoms with Gasteiger partial charge in [-0.05, 0) is 53.4 Å². The van der Waals surface area contributed by atoms with Gasteiger partial charge in [0.1, 0.15) is 0 Å². The molecule has 90 valence electrons. The molecule has 0 saturated carbocycles. The van der Waals surface area contributed by atoms with Crippen molar-refractivity contribution < 1.29 is 0 Å². The molecule has 0 bridgehead atoms. The Bertz CT molecular complexity index is 320. The van der Waals surface area contributed by atoms with Crippen LogP contribution in [-0.4, -0.2) is 0 Å². The molecular weight excluding hydrogens is 192 g/mol. The summed E-state index contributed by atoms with van der Waals surface area (Å²) in [6.45, 7) is 17.3. The lowest BCUT2D eigenvalue weighted by atomic mass is 9.75. The molecule has 0 unspecified atom stereocenters. The summed E-state index contributed by atoms with van der Waals surface area (Å²) in [6, 6.07) is 0. The van der Waals surface area contributed by atoms with Crippen molar-refractivity contribution in [2.24, 2.45) is 5.41 Å². The van der Waals surface area contributed by atoms with Gasteiger partial charge in [0.25, 0.3) is 0 Å². The van der Waals surface area contributed by atoms with Gasteiger partial charge in [0.05, 0.1) is 0 Å². The van der Waals surface area contributed by atoms with Gasteiger partial charge in [0.2, 0.25) is 0 Å². The van der Waals surface area contributed by atoms with Gasteiger partial charge < -0.3 is 0 Å². The molecular formula is C16H26. The number of hydrogen-bond acceptors (Lipinski definition) is 0. The van der Waals surface area contributed by atoms with Crippen LogP contribution in [-0.2, 0) is 0 Å². The molecule has 16 heavy (non-hydrogen) atoms. The molecule has 0 atom stereocenters. The van der Waals surface area contributed by atoms with E-state index in [1.54, 1.807) is 0 Å². The molecule has 1 rings (SSSR count). The lowest BCUT2D eigenvalue weighted by molar-refractivity contribution is 0.360. The van der Waals surface area contributed by atoms with Crippen LogP contribution in [0.5, 0.6) is 0 Å². The quantitative estimate of drug-likeness (QED) is 0.540. The van der Waals surface area contributed by atoms with Crippen LogP contribution in [0.4, 0.5) is 0 Å². The fourth-order valence-corrected chi connectivity index (χ4v) is 2.35. The van der Waals surface area contributed by atoms with Crippen LogP contribution >= 0.6 is 0 Å². The van der Waals surface area contributed by atoms with Crippen molar-refractivity contribution in [3.63, 3.8) is 0 Å². The van der Waals surface area contributed by atoms with Crippen molar-refractivity contribution in [1.29, 1.82) is 0 Å². The van der Waals surface area contributed by atoms with Crippen LogP contribution in [0, 0.1) is 5.41 Å².